The van der Waals surface area contributed by atoms with E-state index in [-0.39, 0.29) is 39.5 Å². The fourth-order valence-electron chi connectivity index (χ4n) is 3.33. The molecule has 4 rings (SSSR count). The molecule has 25 heavy (non-hydrogen) atoms. The van der Waals surface area contributed by atoms with Crippen LogP contribution in [0.5, 0.6) is 0 Å². The Kier molecular flexibility index (Phi) is 3.60. The number of pyridine rings is 1. The average Bonchev–Trinajstić information content (AvgIpc) is 2.62. The van der Waals surface area contributed by atoms with Crippen molar-refractivity contribution in [2.24, 2.45) is 0 Å². The first kappa shape index (κ1) is 15.5. The zero-order valence-electron chi connectivity index (χ0n) is 13.4. The summed E-state index contributed by atoms with van der Waals surface area (Å²) in [6.07, 6.45) is 6.96. The van der Waals surface area contributed by atoms with Crippen molar-refractivity contribution in [2.75, 3.05) is 5.73 Å². The number of aromatic carboxylic acids is 1. The number of hydrogen-bond donors (Lipinski definition) is 2. The van der Waals surface area contributed by atoms with Gasteiger partial charge in [-0.1, -0.05) is 19.3 Å². The van der Waals surface area contributed by atoms with Crippen molar-refractivity contribution in [1.29, 1.82) is 0 Å². The van der Waals surface area contributed by atoms with E-state index in [9.17, 15) is 9.59 Å². The second-order valence-electron chi connectivity index (χ2n) is 6.29. The number of rotatable bonds is 2. The topological polar surface area (TPSA) is 132 Å². The quantitative estimate of drug-likeness (QED) is 0.680. The van der Waals surface area contributed by atoms with Gasteiger partial charge in [0.1, 0.15) is 17.2 Å². The van der Waals surface area contributed by atoms with Gasteiger partial charge >= 0.3 is 5.97 Å². The Morgan fingerprint density at radius 3 is 2.72 bits per heavy atom. The van der Waals surface area contributed by atoms with Crippen molar-refractivity contribution >= 4 is 34.0 Å². The van der Waals surface area contributed by atoms with Gasteiger partial charge < -0.3 is 15.3 Å². The molecule has 0 saturated heterocycles. The number of nitrogens with zero attached hydrogens (tertiary/aromatic N) is 3. The molecule has 0 atom stereocenters. The van der Waals surface area contributed by atoms with Crippen LogP contribution < -0.4 is 11.2 Å². The van der Waals surface area contributed by atoms with Crippen LogP contribution in [0.15, 0.2) is 21.5 Å². The molecule has 1 aliphatic rings. The first-order valence-corrected chi connectivity index (χ1v) is 8.18. The minimum atomic E-state index is -1.25. The van der Waals surface area contributed by atoms with Gasteiger partial charge in [-0.05, 0) is 18.9 Å². The maximum atomic E-state index is 12.8. The lowest BCUT2D eigenvalue weighted by Gasteiger charge is -2.19. The summed E-state index contributed by atoms with van der Waals surface area (Å²) in [6.45, 7) is 0. The molecule has 0 aromatic carbocycles. The predicted octanol–water partition coefficient (Wildman–Crippen LogP) is 2.46. The molecule has 3 heterocycles. The van der Waals surface area contributed by atoms with Crippen molar-refractivity contribution in [2.45, 2.75) is 38.0 Å². The molecule has 3 N–H and O–H groups in total. The van der Waals surface area contributed by atoms with Gasteiger partial charge in [0.25, 0.3) is 0 Å². The highest BCUT2D eigenvalue weighted by molar-refractivity contribution is 5.97. The Labute approximate surface area is 141 Å². The van der Waals surface area contributed by atoms with E-state index in [1.807, 2.05) is 0 Å². The summed E-state index contributed by atoms with van der Waals surface area (Å²) in [5.74, 6) is -0.577. The Morgan fingerprint density at radius 2 is 2.00 bits per heavy atom. The fourth-order valence-corrected chi connectivity index (χ4v) is 3.33. The molecule has 3 aromatic rings. The average molecular weight is 340 g/mol. The second kappa shape index (κ2) is 5.80. The highest BCUT2D eigenvalue weighted by Crippen LogP contribution is 2.31. The summed E-state index contributed by atoms with van der Waals surface area (Å²) < 4.78 is 5.58. The highest BCUT2D eigenvalue weighted by atomic mass is 16.4. The molecule has 0 spiro atoms. The summed E-state index contributed by atoms with van der Waals surface area (Å²) in [5, 5.41) is 9.21. The Balaban J connectivity index is 1.93. The van der Waals surface area contributed by atoms with Gasteiger partial charge in [0.15, 0.2) is 11.1 Å². The molecule has 0 unspecified atom stereocenters. The van der Waals surface area contributed by atoms with E-state index in [2.05, 4.69) is 15.0 Å². The van der Waals surface area contributed by atoms with Gasteiger partial charge in [0, 0.05) is 5.92 Å². The number of fused-ring (bicyclic) bond motifs is 2. The van der Waals surface area contributed by atoms with Crippen LogP contribution in [0.3, 0.4) is 0 Å². The summed E-state index contributed by atoms with van der Waals surface area (Å²) in [4.78, 5) is 36.7. The lowest BCUT2D eigenvalue weighted by Crippen LogP contribution is -2.13. The van der Waals surface area contributed by atoms with Crippen molar-refractivity contribution in [3.63, 3.8) is 0 Å². The standard InChI is InChI=1S/C17H16N4O4/c18-14-10(17(23)24)6-9-13(22)12-11(25-16(9)21-14)7-19-15(20-12)8-4-2-1-3-5-8/h6-8H,1-5H2,(H2,18,21)(H,23,24). The number of carboxylic acids is 1. The van der Waals surface area contributed by atoms with E-state index in [0.29, 0.717) is 5.82 Å². The number of nitrogen functional groups attached to an aromatic ring is 1. The molecular formula is C17H16N4O4. The molecule has 0 radical (unpaired) electrons. The maximum Gasteiger partial charge on any atom is 0.339 e. The third-order valence-corrected chi connectivity index (χ3v) is 4.66. The molecule has 128 valence electrons. The number of carbonyl (C=O) groups is 1. The van der Waals surface area contributed by atoms with Crippen LogP contribution in [-0.2, 0) is 0 Å². The van der Waals surface area contributed by atoms with Gasteiger partial charge in [-0.25, -0.2) is 14.8 Å². The van der Waals surface area contributed by atoms with Crippen molar-refractivity contribution in [1.82, 2.24) is 15.0 Å². The zero-order valence-corrected chi connectivity index (χ0v) is 13.4. The van der Waals surface area contributed by atoms with Crippen LogP contribution in [0.4, 0.5) is 5.82 Å². The summed E-state index contributed by atoms with van der Waals surface area (Å²) in [5.41, 5.74) is 5.30. The number of anilines is 1. The summed E-state index contributed by atoms with van der Waals surface area (Å²) >= 11 is 0. The summed E-state index contributed by atoms with van der Waals surface area (Å²) in [7, 11) is 0. The molecule has 8 nitrogen and oxygen atoms in total. The van der Waals surface area contributed by atoms with E-state index >= 15 is 0 Å². The lowest BCUT2D eigenvalue weighted by molar-refractivity contribution is 0.0698. The molecular weight excluding hydrogens is 324 g/mol. The van der Waals surface area contributed by atoms with Gasteiger partial charge in [-0.2, -0.15) is 4.98 Å². The predicted molar refractivity (Wildman–Crippen MR) is 90.6 cm³/mol. The normalized spacial score (nSPS) is 15.7. The van der Waals surface area contributed by atoms with Crippen LogP contribution in [0, 0.1) is 0 Å². The van der Waals surface area contributed by atoms with Gasteiger partial charge in [-0.3, -0.25) is 4.79 Å². The number of hydrogen-bond acceptors (Lipinski definition) is 7. The molecule has 0 aliphatic heterocycles. The number of aromatic nitrogens is 3. The minimum absolute atomic E-state index is 0.0194. The van der Waals surface area contributed by atoms with Crippen LogP contribution in [0.25, 0.3) is 22.2 Å². The Morgan fingerprint density at radius 1 is 1.24 bits per heavy atom. The van der Waals surface area contributed by atoms with E-state index in [1.165, 1.54) is 18.7 Å². The smallest absolute Gasteiger partial charge is 0.339 e. The maximum absolute atomic E-state index is 12.8. The first-order chi connectivity index (χ1) is 12.0. The van der Waals surface area contributed by atoms with Crippen LogP contribution in [-0.4, -0.2) is 26.0 Å². The fraction of sp³-hybridized carbons (Fsp3) is 0.353. The van der Waals surface area contributed by atoms with Gasteiger partial charge in [0.05, 0.1) is 11.6 Å². The molecule has 3 aromatic heterocycles. The second-order valence-corrected chi connectivity index (χ2v) is 6.29. The Bertz CT molecular complexity index is 1050. The largest absolute Gasteiger partial charge is 0.478 e. The molecule has 1 aliphatic carbocycles. The van der Waals surface area contributed by atoms with Crippen molar-refractivity contribution in [3.05, 3.63) is 33.9 Å². The van der Waals surface area contributed by atoms with Gasteiger partial charge in [-0.15, -0.1) is 0 Å². The SMILES string of the molecule is Nc1nc2oc3cnc(C4CCCCC4)nc3c(=O)c2cc1C(=O)O. The molecule has 8 heteroatoms. The van der Waals surface area contributed by atoms with Crippen molar-refractivity contribution in [3.8, 4) is 0 Å². The third-order valence-electron chi connectivity index (χ3n) is 4.66. The van der Waals surface area contributed by atoms with Crippen LogP contribution >= 0.6 is 0 Å². The van der Waals surface area contributed by atoms with E-state index in [4.69, 9.17) is 15.3 Å². The Hall–Kier alpha value is -3.03. The third kappa shape index (κ3) is 2.59. The number of nitrogens with two attached hydrogens (primary N) is 1. The van der Waals surface area contributed by atoms with E-state index in [1.54, 1.807) is 0 Å². The van der Waals surface area contributed by atoms with E-state index in [0.717, 1.165) is 25.7 Å². The molecule has 1 fully saturated rings. The van der Waals surface area contributed by atoms with Crippen LogP contribution in [0.2, 0.25) is 0 Å². The number of carboxylic acid groups (broad SMARTS) is 1. The molecule has 0 bridgehead atoms. The van der Waals surface area contributed by atoms with E-state index < -0.39 is 11.4 Å². The van der Waals surface area contributed by atoms with Crippen molar-refractivity contribution < 1.29 is 14.3 Å². The monoisotopic (exact) mass is 340 g/mol. The molecule has 1 saturated carbocycles. The zero-order chi connectivity index (χ0) is 17.6. The minimum Gasteiger partial charge on any atom is -0.478 e. The highest BCUT2D eigenvalue weighted by Gasteiger charge is 2.21. The van der Waals surface area contributed by atoms with Crippen LogP contribution in [0.1, 0.15) is 54.2 Å². The van der Waals surface area contributed by atoms with Gasteiger partial charge in [0.2, 0.25) is 11.1 Å². The lowest BCUT2D eigenvalue weighted by atomic mass is 9.89. The first-order valence-electron chi connectivity index (χ1n) is 8.18. The molecule has 0 amide bonds. The summed E-state index contributed by atoms with van der Waals surface area (Å²) in [6, 6.07) is 1.19.